The molecule has 0 atom stereocenters. The molecule has 2 heterocycles. The van der Waals surface area contributed by atoms with Crippen LogP contribution in [0.4, 0.5) is 0 Å². The number of amides is 1. The second-order valence-corrected chi connectivity index (χ2v) is 7.68. The zero-order valence-electron chi connectivity index (χ0n) is 12.3. The molecule has 0 saturated carbocycles. The van der Waals surface area contributed by atoms with Crippen molar-refractivity contribution in [3.8, 4) is 11.3 Å². The molecule has 0 unspecified atom stereocenters. The molecule has 7 nitrogen and oxygen atoms in total. The summed E-state index contributed by atoms with van der Waals surface area (Å²) < 4.78 is 27.5. The Morgan fingerprint density at radius 1 is 1.30 bits per heavy atom. The molecule has 1 N–H and O–H groups in total. The van der Waals surface area contributed by atoms with Crippen LogP contribution in [0.15, 0.2) is 40.9 Å². The van der Waals surface area contributed by atoms with Crippen molar-refractivity contribution >= 4 is 32.2 Å². The van der Waals surface area contributed by atoms with Gasteiger partial charge in [0.25, 0.3) is 14.4 Å². The normalized spacial score (nSPS) is 11.7. The van der Waals surface area contributed by atoms with Crippen LogP contribution in [-0.4, -0.2) is 28.9 Å². The number of sulfonamides is 1. The summed E-state index contributed by atoms with van der Waals surface area (Å²) in [4.78, 5) is 16.3. The summed E-state index contributed by atoms with van der Waals surface area (Å²) in [6.07, 6.45) is 2.39. The largest absolute Gasteiger partial charge is 0.293 e. The summed E-state index contributed by atoms with van der Waals surface area (Å²) in [6, 6.07) is 9.53. The fourth-order valence-electron chi connectivity index (χ4n) is 2.01. The molecule has 2 aromatic heterocycles. The van der Waals surface area contributed by atoms with E-state index >= 15 is 0 Å². The Bertz CT molecular complexity index is 913. The fraction of sp³-hybridized carbons (Fsp3) is 0.214. The molecule has 0 fully saturated rings. The van der Waals surface area contributed by atoms with Crippen molar-refractivity contribution in [1.29, 1.82) is 0 Å². The standard InChI is InChI=1S/C14H14N4O3S2/c1-2-6-12(19)17-23(20,21)14-16-18-9-11(15-13(18)22-14)10-7-4-3-5-8-10/h3-5,7-9H,2,6H2,1H3,(H,17,19). The second-order valence-electron chi connectivity index (χ2n) is 4.87. The van der Waals surface area contributed by atoms with Crippen LogP contribution < -0.4 is 4.72 Å². The molecular weight excluding hydrogens is 336 g/mol. The van der Waals surface area contributed by atoms with Crippen molar-refractivity contribution in [2.75, 3.05) is 0 Å². The number of carbonyl (C=O) groups excluding carboxylic acids is 1. The van der Waals surface area contributed by atoms with E-state index in [4.69, 9.17) is 0 Å². The van der Waals surface area contributed by atoms with E-state index in [1.165, 1.54) is 4.52 Å². The number of hydrogen-bond acceptors (Lipinski definition) is 6. The third-order valence-electron chi connectivity index (χ3n) is 3.05. The van der Waals surface area contributed by atoms with Crippen LogP contribution in [0.5, 0.6) is 0 Å². The molecule has 0 spiro atoms. The van der Waals surface area contributed by atoms with Gasteiger partial charge < -0.3 is 0 Å². The van der Waals surface area contributed by atoms with Crippen LogP contribution >= 0.6 is 11.3 Å². The number of imidazole rings is 1. The number of nitrogens with zero attached hydrogens (tertiary/aromatic N) is 3. The van der Waals surface area contributed by atoms with Gasteiger partial charge in [-0.2, -0.15) is 8.42 Å². The van der Waals surface area contributed by atoms with E-state index in [2.05, 4.69) is 10.1 Å². The van der Waals surface area contributed by atoms with Gasteiger partial charge in [-0.15, -0.1) is 5.10 Å². The second kappa shape index (κ2) is 6.09. The summed E-state index contributed by atoms with van der Waals surface area (Å²) in [5.41, 5.74) is 1.63. The fourth-order valence-corrected chi connectivity index (χ4v) is 4.10. The number of fused-ring (bicyclic) bond motifs is 1. The quantitative estimate of drug-likeness (QED) is 0.760. The monoisotopic (exact) mass is 350 g/mol. The highest BCUT2D eigenvalue weighted by Crippen LogP contribution is 2.24. The van der Waals surface area contributed by atoms with Gasteiger partial charge in [0, 0.05) is 12.0 Å². The van der Waals surface area contributed by atoms with Crippen molar-refractivity contribution in [2.45, 2.75) is 24.1 Å². The van der Waals surface area contributed by atoms with Gasteiger partial charge in [0.2, 0.25) is 10.9 Å². The van der Waals surface area contributed by atoms with Gasteiger partial charge >= 0.3 is 0 Å². The predicted molar refractivity (Wildman–Crippen MR) is 86.5 cm³/mol. The van der Waals surface area contributed by atoms with Crippen molar-refractivity contribution in [3.63, 3.8) is 0 Å². The van der Waals surface area contributed by atoms with Crippen molar-refractivity contribution in [2.24, 2.45) is 0 Å². The summed E-state index contributed by atoms with van der Waals surface area (Å²) in [7, 11) is -3.94. The Morgan fingerprint density at radius 3 is 2.70 bits per heavy atom. The van der Waals surface area contributed by atoms with Gasteiger partial charge in [-0.1, -0.05) is 48.6 Å². The highest BCUT2D eigenvalue weighted by molar-refractivity contribution is 7.92. The molecule has 1 aromatic carbocycles. The van der Waals surface area contributed by atoms with Crippen molar-refractivity contribution in [3.05, 3.63) is 36.5 Å². The lowest BCUT2D eigenvalue weighted by molar-refractivity contribution is -0.119. The Labute approximate surface area is 137 Å². The molecule has 3 aromatic rings. The Balaban J connectivity index is 1.90. The highest BCUT2D eigenvalue weighted by atomic mass is 32.2. The zero-order chi connectivity index (χ0) is 16.4. The third kappa shape index (κ3) is 3.25. The van der Waals surface area contributed by atoms with E-state index in [0.717, 1.165) is 16.9 Å². The molecule has 23 heavy (non-hydrogen) atoms. The van der Waals surface area contributed by atoms with Gasteiger partial charge in [0.05, 0.1) is 11.9 Å². The number of carbonyl (C=O) groups is 1. The maximum absolute atomic E-state index is 12.1. The Kier molecular flexibility index (Phi) is 4.14. The minimum absolute atomic E-state index is 0.153. The first-order chi connectivity index (χ1) is 11.0. The molecule has 3 rings (SSSR count). The van der Waals surface area contributed by atoms with Crippen molar-refractivity contribution in [1.82, 2.24) is 19.3 Å². The molecule has 0 aliphatic rings. The summed E-state index contributed by atoms with van der Waals surface area (Å²) in [5.74, 6) is -0.537. The van der Waals surface area contributed by atoms with Crippen LogP contribution in [0, 0.1) is 0 Å². The smallest absolute Gasteiger partial charge is 0.274 e. The SMILES string of the molecule is CCCC(=O)NS(=O)(=O)c1nn2cc(-c3ccccc3)nc2s1. The average Bonchev–Trinajstić information content (AvgIpc) is 3.06. The number of benzene rings is 1. The van der Waals surface area contributed by atoms with Crippen LogP contribution in [0.2, 0.25) is 0 Å². The summed E-state index contributed by atoms with van der Waals surface area (Å²) in [5, 5.41) is 4.01. The van der Waals surface area contributed by atoms with E-state index in [9.17, 15) is 13.2 Å². The highest BCUT2D eigenvalue weighted by Gasteiger charge is 2.23. The molecule has 0 aliphatic heterocycles. The van der Waals surface area contributed by atoms with E-state index in [1.54, 1.807) is 13.1 Å². The van der Waals surface area contributed by atoms with Gasteiger partial charge in [-0.3, -0.25) is 4.79 Å². The Hall–Kier alpha value is -2.26. The molecule has 9 heteroatoms. The molecule has 1 amide bonds. The van der Waals surface area contributed by atoms with Gasteiger partial charge in [-0.05, 0) is 6.42 Å². The van der Waals surface area contributed by atoms with Crippen LogP contribution in [0.1, 0.15) is 19.8 Å². The van der Waals surface area contributed by atoms with Gasteiger partial charge in [0.15, 0.2) is 0 Å². The van der Waals surface area contributed by atoms with E-state index in [0.29, 0.717) is 17.1 Å². The molecule has 120 valence electrons. The lowest BCUT2D eigenvalue weighted by Gasteiger charge is -2.01. The van der Waals surface area contributed by atoms with Crippen LogP contribution in [0.3, 0.4) is 0 Å². The van der Waals surface area contributed by atoms with E-state index in [-0.39, 0.29) is 10.8 Å². The summed E-state index contributed by atoms with van der Waals surface area (Å²) >= 11 is 0.918. The van der Waals surface area contributed by atoms with E-state index < -0.39 is 15.9 Å². The van der Waals surface area contributed by atoms with E-state index in [1.807, 2.05) is 35.1 Å². The molecule has 0 saturated heterocycles. The lowest BCUT2D eigenvalue weighted by Crippen LogP contribution is -2.30. The molecule has 0 aliphatic carbocycles. The maximum Gasteiger partial charge on any atom is 0.293 e. The van der Waals surface area contributed by atoms with Gasteiger partial charge in [-0.25, -0.2) is 14.2 Å². The van der Waals surface area contributed by atoms with Crippen LogP contribution in [-0.2, 0) is 14.8 Å². The third-order valence-corrected chi connectivity index (χ3v) is 5.71. The first kappa shape index (κ1) is 15.6. The number of rotatable bonds is 5. The Morgan fingerprint density at radius 2 is 2.04 bits per heavy atom. The molecular formula is C14H14N4O3S2. The minimum Gasteiger partial charge on any atom is -0.274 e. The zero-order valence-corrected chi connectivity index (χ0v) is 13.9. The molecule has 0 radical (unpaired) electrons. The maximum atomic E-state index is 12.1. The van der Waals surface area contributed by atoms with Crippen LogP contribution in [0.25, 0.3) is 16.2 Å². The number of nitrogens with one attached hydrogen (secondary N) is 1. The first-order valence-electron chi connectivity index (χ1n) is 6.97. The summed E-state index contributed by atoms with van der Waals surface area (Å²) in [6.45, 7) is 1.80. The topological polar surface area (TPSA) is 93.4 Å². The average molecular weight is 350 g/mol. The first-order valence-corrected chi connectivity index (χ1v) is 9.27. The molecule has 0 bridgehead atoms. The minimum atomic E-state index is -3.94. The number of hydrogen-bond donors (Lipinski definition) is 1. The van der Waals surface area contributed by atoms with Crippen molar-refractivity contribution < 1.29 is 13.2 Å². The van der Waals surface area contributed by atoms with Gasteiger partial charge in [0.1, 0.15) is 0 Å². The lowest BCUT2D eigenvalue weighted by atomic mass is 10.2. The number of aromatic nitrogens is 3. The predicted octanol–water partition coefficient (Wildman–Crippen LogP) is 2.06.